The Labute approximate surface area is 195 Å². The van der Waals surface area contributed by atoms with Gasteiger partial charge in [0.25, 0.3) is 5.91 Å². The van der Waals surface area contributed by atoms with Gasteiger partial charge >= 0.3 is 12.1 Å². The zero-order valence-corrected chi connectivity index (χ0v) is 19.2. The fourth-order valence-electron chi connectivity index (χ4n) is 3.65. The number of nitrogens with zero attached hydrogens (tertiary/aromatic N) is 2. The van der Waals surface area contributed by atoms with E-state index in [-0.39, 0.29) is 18.3 Å². The van der Waals surface area contributed by atoms with E-state index >= 15 is 0 Å². The number of hydrogen-bond donors (Lipinski definition) is 1. The number of hydrogen-bond acceptors (Lipinski definition) is 4. The average molecular weight is 473 g/mol. The van der Waals surface area contributed by atoms with Crippen LogP contribution in [0.5, 0.6) is 0 Å². The first kappa shape index (κ1) is 25.0. The summed E-state index contributed by atoms with van der Waals surface area (Å²) in [7, 11) is 1.36. The first-order valence-electron chi connectivity index (χ1n) is 10.8. The quantitative estimate of drug-likeness (QED) is 0.486. The molecule has 0 saturated carbocycles. The number of methoxy groups -OCH3 is 1. The fourth-order valence-corrected chi connectivity index (χ4v) is 3.65. The van der Waals surface area contributed by atoms with Crippen LogP contribution in [0.1, 0.15) is 44.9 Å². The second kappa shape index (κ2) is 10.5. The molecule has 0 atom stereocenters. The number of benzene rings is 2. The molecule has 0 radical (unpaired) electrons. The first-order chi connectivity index (χ1) is 16.1. The monoisotopic (exact) mass is 473 g/mol. The highest BCUT2D eigenvalue weighted by Crippen LogP contribution is 2.29. The van der Waals surface area contributed by atoms with Crippen molar-refractivity contribution < 1.29 is 27.5 Å². The molecule has 2 aromatic carbocycles. The minimum atomic E-state index is -4.36. The van der Waals surface area contributed by atoms with Gasteiger partial charge in [-0.05, 0) is 74.2 Å². The molecule has 34 heavy (non-hydrogen) atoms. The molecular weight excluding hydrogens is 447 g/mol. The zero-order chi connectivity index (χ0) is 24.9. The molecule has 1 heterocycles. The van der Waals surface area contributed by atoms with Gasteiger partial charge in [-0.2, -0.15) is 18.3 Å². The van der Waals surface area contributed by atoms with Crippen LogP contribution < -0.4 is 5.32 Å². The fraction of sp³-hybridized carbons (Fsp3) is 0.320. The van der Waals surface area contributed by atoms with Gasteiger partial charge < -0.3 is 10.1 Å². The first-order valence-corrected chi connectivity index (χ1v) is 10.8. The Kier molecular flexibility index (Phi) is 7.75. The van der Waals surface area contributed by atoms with Gasteiger partial charge in [-0.1, -0.05) is 12.1 Å². The lowest BCUT2D eigenvalue weighted by Gasteiger charge is -2.09. The Morgan fingerprint density at radius 2 is 1.65 bits per heavy atom. The van der Waals surface area contributed by atoms with Gasteiger partial charge in [0.1, 0.15) is 0 Å². The lowest BCUT2D eigenvalue weighted by Crippen LogP contribution is -2.25. The summed E-state index contributed by atoms with van der Waals surface area (Å²) in [6, 6.07) is 11.9. The third-order valence-corrected chi connectivity index (χ3v) is 5.60. The zero-order valence-electron chi connectivity index (χ0n) is 19.2. The molecule has 3 aromatic rings. The Bertz CT molecular complexity index is 1150. The molecule has 3 rings (SSSR count). The summed E-state index contributed by atoms with van der Waals surface area (Å²) in [4.78, 5) is 23.9. The Morgan fingerprint density at radius 3 is 2.24 bits per heavy atom. The highest BCUT2D eigenvalue weighted by molar-refractivity contribution is 5.94. The molecule has 1 amide bonds. The van der Waals surface area contributed by atoms with Crippen LogP contribution in [0, 0.1) is 13.8 Å². The van der Waals surface area contributed by atoms with Gasteiger partial charge in [0.05, 0.1) is 24.1 Å². The van der Waals surface area contributed by atoms with Crippen molar-refractivity contribution in [2.45, 2.75) is 39.3 Å². The van der Waals surface area contributed by atoms with Gasteiger partial charge in [-0.15, -0.1) is 0 Å². The van der Waals surface area contributed by atoms with Crippen LogP contribution in [0.4, 0.5) is 13.2 Å². The van der Waals surface area contributed by atoms with E-state index in [1.807, 2.05) is 13.8 Å². The number of esters is 1. The van der Waals surface area contributed by atoms with Gasteiger partial charge in [-0.25, -0.2) is 4.68 Å². The summed E-state index contributed by atoms with van der Waals surface area (Å²) < 4.78 is 44.4. The van der Waals surface area contributed by atoms with Crippen molar-refractivity contribution >= 4 is 11.9 Å². The van der Waals surface area contributed by atoms with E-state index in [0.717, 1.165) is 34.8 Å². The normalized spacial score (nSPS) is 11.4. The van der Waals surface area contributed by atoms with E-state index in [4.69, 9.17) is 4.74 Å². The third-order valence-electron chi connectivity index (χ3n) is 5.60. The number of ether oxygens (including phenoxy) is 1. The number of aromatic nitrogens is 2. The van der Waals surface area contributed by atoms with Gasteiger partial charge in [0, 0.05) is 24.2 Å². The topological polar surface area (TPSA) is 73.2 Å². The molecule has 1 N–H and O–H groups in total. The van der Waals surface area contributed by atoms with Crippen LogP contribution in [0.15, 0.2) is 48.5 Å². The van der Waals surface area contributed by atoms with Gasteiger partial charge in [-0.3, -0.25) is 9.59 Å². The predicted octanol–water partition coefficient (Wildman–Crippen LogP) is 4.59. The number of rotatable bonds is 8. The van der Waals surface area contributed by atoms with E-state index < -0.39 is 11.7 Å². The molecule has 0 saturated heterocycles. The van der Waals surface area contributed by atoms with E-state index in [1.54, 1.807) is 28.9 Å². The lowest BCUT2D eigenvalue weighted by atomic mass is 10.1. The van der Waals surface area contributed by atoms with E-state index in [0.29, 0.717) is 30.5 Å². The van der Waals surface area contributed by atoms with Crippen LogP contribution in [-0.2, 0) is 28.5 Å². The highest BCUT2D eigenvalue weighted by Gasteiger charge is 2.29. The lowest BCUT2D eigenvalue weighted by molar-refractivity contribution is -0.140. The molecule has 0 spiro atoms. The summed E-state index contributed by atoms with van der Waals surface area (Å²) in [5.74, 6) is -0.550. The largest absolute Gasteiger partial charge is 0.469 e. The van der Waals surface area contributed by atoms with E-state index in [1.165, 1.54) is 19.2 Å². The molecule has 0 aliphatic carbocycles. The van der Waals surface area contributed by atoms with Crippen molar-refractivity contribution in [2.75, 3.05) is 13.7 Å². The van der Waals surface area contributed by atoms with Crippen LogP contribution in [-0.4, -0.2) is 35.3 Å². The summed E-state index contributed by atoms with van der Waals surface area (Å²) >= 11 is 0. The van der Waals surface area contributed by atoms with Crippen LogP contribution in [0.25, 0.3) is 5.69 Å². The summed E-state index contributed by atoms with van der Waals surface area (Å²) in [5, 5.41) is 7.34. The molecule has 0 unspecified atom stereocenters. The number of nitrogens with one attached hydrogen (secondary N) is 1. The Balaban J connectivity index is 1.59. The molecule has 0 bridgehead atoms. The minimum absolute atomic E-state index is 0.273. The van der Waals surface area contributed by atoms with Crippen LogP contribution in [0.3, 0.4) is 0 Å². The number of halogens is 3. The highest BCUT2D eigenvalue weighted by atomic mass is 19.4. The van der Waals surface area contributed by atoms with Crippen molar-refractivity contribution in [3.8, 4) is 5.69 Å². The number of amides is 1. The van der Waals surface area contributed by atoms with E-state index in [2.05, 4.69) is 10.4 Å². The molecular formula is C25H26F3N3O3. The third kappa shape index (κ3) is 6.03. The van der Waals surface area contributed by atoms with Crippen molar-refractivity contribution in [2.24, 2.45) is 0 Å². The maximum atomic E-state index is 12.6. The number of carbonyl (C=O) groups is 2. The molecule has 6 nitrogen and oxygen atoms in total. The number of alkyl halides is 3. The Hall–Kier alpha value is -3.62. The second-order valence-electron chi connectivity index (χ2n) is 7.88. The van der Waals surface area contributed by atoms with Gasteiger partial charge in [0.2, 0.25) is 0 Å². The van der Waals surface area contributed by atoms with Crippen LogP contribution in [0.2, 0.25) is 0 Å². The van der Waals surface area contributed by atoms with E-state index in [9.17, 15) is 22.8 Å². The molecule has 1 aromatic heterocycles. The molecule has 0 aliphatic heterocycles. The molecule has 0 aliphatic rings. The average Bonchev–Trinajstić information content (AvgIpc) is 3.10. The summed E-state index contributed by atoms with van der Waals surface area (Å²) in [5.41, 5.74) is 3.97. The Morgan fingerprint density at radius 1 is 1.00 bits per heavy atom. The minimum Gasteiger partial charge on any atom is -0.469 e. The molecule has 0 fully saturated rings. The number of carbonyl (C=O) groups excluding carboxylic acids is 2. The summed E-state index contributed by atoms with van der Waals surface area (Å²) in [6.07, 6.45) is -3.14. The van der Waals surface area contributed by atoms with Crippen molar-refractivity contribution in [3.05, 3.63) is 82.2 Å². The van der Waals surface area contributed by atoms with Crippen molar-refractivity contribution in [1.82, 2.24) is 15.1 Å². The summed E-state index contributed by atoms with van der Waals surface area (Å²) in [6.45, 7) is 4.11. The standard InChI is InChI=1S/C25H26F3N3O3/c1-16-22(12-13-23(32)34-3)17(2)31(30-16)21-10-6-19(7-11-21)24(33)29-15-14-18-4-8-20(9-5-18)25(26,27)28/h4-11H,12-15H2,1-3H3,(H,29,33). The molecule has 180 valence electrons. The molecule has 9 heteroatoms. The maximum Gasteiger partial charge on any atom is 0.416 e. The predicted molar refractivity (Wildman–Crippen MR) is 121 cm³/mol. The van der Waals surface area contributed by atoms with Crippen molar-refractivity contribution in [3.63, 3.8) is 0 Å². The van der Waals surface area contributed by atoms with Gasteiger partial charge in [0.15, 0.2) is 0 Å². The van der Waals surface area contributed by atoms with Crippen LogP contribution >= 0.6 is 0 Å². The SMILES string of the molecule is COC(=O)CCc1c(C)nn(-c2ccc(C(=O)NCCc3ccc(C(F)(F)F)cc3)cc2)c1C. The van der Waals surface area contributed by atoms with Crippen molar-refractivity contribution in [1.29, 1.82) is 0 Å². The number of aryl methyl sites for hydroxylation is 1. The maximum absolute atomic E-state index is 12.6. The smallest absolute Gasteiger partial charge is 0.416 e. The second-order valence-corrected chi connectivity index (χ2v) is 7.88.